The molecule has 3 nitrogen and oxygen atoms in total. The number of piperazine rings is 1. The number of nitrogens with zero attached hydrogens (tertiary/aromatic N) is 2. The Balaban J connectivity index is 1.27. The number of ketones is 1. The van der Waals surface area contributed by atoms with E-state index in [0.717, 1.165) is 30.7 Å². The molecule has 0 saturated carbocycles. The third-order valence-electron chi connectivity index (χ3n) is 7.94. The molecule has 0 N–H and O–H groups in total. The molecule has 0 atom stereocenters. The molecular formula is C34H37N2O+. The van der Waals surface area contributed by atoms with Gasteiger partial charge in [0, 0.05) is 36.6 Å². The fraction of sp³-hybridized carbons (Fsp3) is 0.265. The first-order chi connectivity index (χ1) is 18.1. The fourth-order valence-corrected chi connectivity index (χ4v) is 5.90. The number of hydrogen-bond donors (Lipinski definition) is 0. The molecular weight excluding hydrogens is 452 g/mol. The van der Waals surface area contributed by atoms with Gasteiger partial charge < -0.3 is 4.48 Å². The van der Waals surface area contributed by atoms with Gasteiger partial charge in [0.15, 0.2) is 0 Å². The summed E-state index contributed by atoms with van der Waals surface area (Å²) in [6, 6.07) is 42.9. The van der Waals surface area contributed by atoms with E-state index in [9.17, 15) is 4.79 Å². The summed E-state index contributed by atoms with van der Waals surface area (Å²) >= 11 is 0. The lowest BCUT2D eigenvalue weighted by molar-refractivity contribution is -0.937. The molecule has 1 saturated heterocycles. The molecule has 4 aromatic carbocycles. The molecule has 1 aliphatic heterocycles. The van der Waals surface area contributed by atoms with Crippen LogP contribution in [0.25, 0.3) is 0 Å². The SMILES string of the molecule is C[N+]1(C(c2ccccc2)c2ccccc2)CCN(CC(=O)CC(c2ccccc2)c2ccccc2)CC1. The number of carbonyl (C=O) groups is 1. The van der Waals surface area contributed by atoms with E-state index in [2.05, 4.69) is 121 Å². The molecule has 1 aliphatic rings. The van der Waals surface area contributed by atoms with Crippen LogP contribution >= 0.6 is 0 Å². The monoisotopic (exact) mass is 489 g/mol. The first-order valence-corrected chi connectivity index (χ1v) is 13.4. The zero-order valence-electron chi connectivity index (χ0n) is 21.7. The normalized spacial score (nSPS) is 15.6. The Bertz CT molecular complexity index is 1170. The number of benzene rings is 4. The Morgan fingerprint density at radius 3 is 1.43 bits per heavy atom. The van der Waals surface area contributed by atoms with E-state index in [-0.39, 0.29) is 5.92 Å². The predicted octanol–water partition coefficient (Wildman–Crippen LogP) is 6.33. The van der Waals surface area contributed by atoms with Crippen molar-refractivity contribution in [2.75, 3.05) is 39.8 Å². The fourth-order valence-electron chi connectivity index (χ4n) is 5.90. The lowest BCUT2D eigenvalue weighted by Crippen LogP contribution is -2.59. The summed E-state index contributed by atoms with van der Waals surface area (Å²) < 4.78 is 0.954. The highest BCUT2D eigenvalue weighted by Gasteiger charge is 2.38. The quantitative estimate of drug-likeness (QED) is 0.256. The number of likely N-dealkylation sites (N-methyl/N-ethyl adjacent to an activating group) is 1. The lowest BCUT2D eigenvalue weighted by Gasteiger charge is -2.47. The Hall–Kier alpha value is -3.53. The maximum Gasteiger partial charge on any atom is 0.147 e. The van der Waals surface area contributed by atoms with Gasteiger partial charge in [-0.2, -0.15) is 0 Å². The topological polar surface area (TPSA) is 20.3 Å². The van der Waals surface area contributed by atoms with Crippen LogP contribution in [0.5, 0.6) is 0 Å². The third-order valence-corrected chi connectivity index (χ3v) is 7.94. The van der Waals surface area contributed by atoms with Crippen LogP contribution in [0.4, 0.5) is 0 Å². The molecule has 188 valence electrons. The van der Waals surface area contributed by atoms with Crippen LogP contribution in [0.3, 0.4) is 0 Å². The summed E-state index contributed by atoms with van der Waals surface area (Å²) in [5, 5.41) is 0. The highest BCUT2D eigenvalue weighted by atomic mass is 16.1. The molecule has 4 aromatic rings. The molecule has 1 heterocycles. The molecule has 0 spiro atoms. The Morgan fingerprint density at radius 1 is 0.649 bits per heavy atom. The minimum absolute atomic E-state index is 0.0984. The van der Waals surface area contributed by atoms with Gasteiger partial charge in [-0.3, -0.25) is 9.69 Å². The summed E-state index contributed by atoms with van der Waals surface area (Å²) in [5.74, 6) is 0.415. The number of hydrogen-bond acceptors (Lipinski definition) is 2. The van der Waals surface area contributed by atoms with Crippen molar-refractivity contribution < 1.29 is 9.28 Å². The van der Waals surface area contributed by atoms with Gasteiger partial charge in [-0.15, -0.1) is 0 Å². The average Bonchev–Trinajstić information content (AvgIpc) is 2.95. The zero-order valence-corrected chi connectivity index (χ0v) is 21.7. The van der Waals surface area contributed by atoms with Crippen molar-refractivity contribution in [3.63, 3.8) is 0 Å². The summed E-state index contributed by atoms with van der Waals surface area (Å²) in [7, 11) is 2.38. The van der Waals surface area contributed by atoms with E-state index in [1.54, 1.807) is 0 Å². The van der Waals surface area contributed by atoms with Crippen molar-refractivity contribution in [3.8, 4) is 0 Å². The van der Waals surface area contributed by atoms with Crippen molar-refractivity contribution >= 4 is 5.78 Å². The summed E-state index contributed by atoms with van der Waals surface area (Å²) in [6.45, 7) is 4.42. The van der Waals surface area contributed by atoms with E-state index in [1.807, 2.05) is 12.1 Å². The van der Waals surface area contributed by atoms with E-state index in [1.165, 1.54) is 22.3 Å². The molecule has 0 aromatic heterocycles. The molecule has 5 rings (SSSR count). The first kappa shape index (κ1) is 25.1. The van der Waals surface area contributed by atoms with Crippen molar-refractivity contribution in [3.05, 3.63) is 144 Å². The van der Waals surface area contributed by atoms with Crippen molar-refractivity contribution in [1.82, 2.24) is 4.90 Å². The van der Waals surface area contributed by atoms with Crippen LogP contribution in [0, 0.1) is 0 Å². The predicted molar refractivity (Wildman–Crippen MR) is 151 cm³/mol. The lowest BCUT2D eigenvalue weighted by atomic mass is 9.87. The molecule has 37 heavy (non-hydrogen) atoms. The van der Waals surface area contributed by atoms with Crippen molar-refractivity contribution in [2.45, 2.75) is 18.4 Å². The van der Waals surface area contributed by atoms with Crippen molar-refractivity contribution in [1.29, 1.82) is 0 Å². The maximum absolute atomic E-state index is 13.4. The Morgan fingerprint density at radius 2 is 1.03 bits per heavy atom. The van der Waals surface area contributed by atoms with Crippen LogP contribution in [0.1, 0.15) is 40.6 Å². The van der Waals surface area contributed by atoms with Crippen LogP contribution in [-0.2, 0) is 4.79 Å². The number of rotatable bonds is 9. The van der Waals surface area contributed by atoms with Crippen LogP contribution in [-0.4, -0.2) is 54.9 Å². The molecule has 0 amide bonds. The van der Waals surface area contributed by atoms with Gasteiger partial charge >= 0.3 is 0 Å². The van der Waals surface area contributed by atoms with Gasteiger partial charge in [0.05, 0.1) is 26.7 Å². The molecule has 0 aliphatic carbocycles. The minimum Gasteiger partial charge on any atom is -0.314 e. The van der Waals surface area contributed by atoms with E-state index in [4.69, 9.17) is 0 Å². The highest BCUT2D eigenvalue weighted by molar-refractivity contribution is 5.82. The van der Waals surface area contributed by atoms with E-state index >= 15 is 0 Å². The third kappa shape index (κ3) is 6.07. The molecule has 1 fully saturated rings. The maximum atomic E-state index is 13.4. The smallest absolute Gasteiger partial charge is 0.147 e. The summed E-state index contributed by atoms with van der Waals surface area (Å²) in [6.07, 6.45) is 0.535. The standard InChI is InChI=1S/C34H37N2O/c1-36(34(30-18-10-4-11-19-30)31-20-12-5-13-21-31)24-22-35(23-25-36)27-32(37)26-33(28-14-6-2-7-15-28)29-16-8-3-9-17-29/h2-21,33-34H,22-27H2,1H3/q+1. The number of Topliss-reactive ketones (excluding diaryl/α,β-unsaturated/α-hetero) is 1. The average molecular weight is 490 g/mol. The van der Waals surface area contributed by atoms with Crippen LogP contribution < -0.4 is 0 Å². The van der Waals surface area contributed by atoms with Gasteiger partial charge in [-0.25, -0.2) is 0 Å². The van der Waals surface area contributed by atoms with Crippen LogP contribution in [0.2, 0.25) is 0 Å². The summed E-state index contributed by atoms with van der Waals surface area (Å²) in [4.78, 5) is 15.7. The molecule has 3 heteroatoms. The Kier molecular flexibility index (Phi) is 7.93. The molecule has 0 radical (unpaired) electrons. The largest absolute Gasteiger partial charge is 0.314 e. The number of carbonyl (C=O) groups excluding carboxylic acids is 1. The van der Waals surface area contributed by atoms with Crippen LogP contribution in [0.15, 0.2) is 121 Å². The highest BCUT2D eigenvalue weighted by Crippen LogP contribution is 2.35. The van der Waals surface area contributed by atoms with Gasteiger partial charge in [0.25, 0.3) is 0 Å². The minimum atomic E-state index is 0.0984. The first-order valence-electron chi connectivity index (χ1n) is 13.4. The van der Waals surface area contributed by atoms with Gasteiger partial charge in [-0.05, 0) is 11.1 Å². The van der Waals surface area contributed by atoms with Gasteiger partial charge in [0.1, 0.15) is 11.8 Å². The number of quaternary nitrogens is 1. The second kappa shape index (κ2) is 11.7. The van der Waals surface area contributed by atoms with Gasteiger partial charge in [-0.1, -0.05) is 121 Å². The second-order valence-electron chi connectivity index (χ2n) is 10.5. The Labute approximate surface area is 221 Å². The zero-order chi connectivity index (χ0) is 25.5. The van der Waals surface area contributed by atoms with Crippen molar-refractivity contribution in [2.24, 2.45) is 0 Å². The second-order valence-corrected chi connectivity index (χ2v) is 10.5. The molecule has 0 unspecified atom stereocenters. The van der Waals surface area contributed by atoms with Gasteiger partial charge in [0.2, 0.25) is 0 Å². The van der Waals surface area contributed by atoms with E-state index in [0.29, 0.717) is 24.8 Å². The molecule has 0 bridgehead atoms. The summed E-state index contributed by atoms with van der Waals surface area (Å²) in [5.41, 5.74) is 5.13. The van der Waals surface area contributed by atoms with E-state index < -0.39 is 0 Å².